The molecule has 1 aromatic heterocycles. The molecule has 22 heteroatoms. The van der Waals surface area contributed by atoms with Gasteiger partial charge in [0.2, 0.25) is 0 Å². The maximum Gasteiger partial charge on any atom is 0.481 e. The number of aliphatic hydroxyl groups is 7. The first-order chi connectivity index (χ1) is 16.9. The molecule has 214 valence electrons. The molecule has 1 saturated heterocycles. The van der Waals surface area contributed by atoms with Crippen LogP contribution in [0.4, 0.5) is 0 Å². The molecule has 0 amide bonds. The zero-order valence-electron chi connectivity index (χ0n) is 18.4. The second kappa shape index (κ2) is 13.9. The molecule has 4 unspecified atom stereocenters. The quantitative estimate of drug-likeness (QED) is 0.108. The number of aromatic nitrogens is 2. The zero-order valence-corrected chi connectivity index (χ0v) is 20.2. The topological polar surface area (TPSA) is 336 Å². The average molecular weight is 584 g/mol. The van der Waals surface area contributed by atoms with Crippen LogP contribution in [0.25, 0.3) is 0 Å². The van der Waals surface area contributed by atoms with Gasteiger partial charge in [-0.2, -0.15) is 4.31 Å². The van der Waals surface area contributed by atoms with E-state index in [1.165, 1.54) is 0 Å². The fourth-order valence-electron chi connectivity index (χ4n) is 2.65. The molecule has 2 rings (SSSR count). The number of phosphoric acid groups is 2. The molecule has 1 aliphatic rings. The van der Waals surface area contributed by atoms with Gasteiger partial charge in [-0.1, -0.05) is 0 Å². The number of carbonyl (C=O) groups is 1. The third-order valence-electron chi connectivity index (χ3n) is 4.46. The van der Waals surface area contributed by atoms with E-state index in [4.69, 9.17) is 44.9 Å². The fraction of sp³-hybridized carbons (Fsp3) is 0.667. The van der Waals surface area contributed by atoms with E-state index >= 15 is 0 Å². The van der Waals surface area contributed by atoms with E-state index in [1.54, 1.807) is 0 Å². The van der Waals surface area contributed by atoms with Crippen LogP contribution in [0.3, 0.4) is 0 Å². The number of phosphoric ester groups is 1. The van der Waals surface area contributed by atoms with E-state index in [2.05, 4.69) is 8.83 Å². The van der Waals surface area contributed by atoms with Crippen LogP contribution in [0, 0.1) is 0 Å². The number of carbonyl (C=O) groups excluding carboxylic acids is 1. The molecule has 0 spiro atoms. The molecular formula is C15H26N2O18P2. The van der Waals surface area contributed by atoms with Crippen LogP contribution < -0.4 is 11.2 Å². The highest BCUT2D eigenvalue weighted by Crippen LogP contribution is 2.57. The van der Waals surface area contributed by atoms with Gasteiger partial charge in [0.15, 0.2) is 12.0 Å². The number of hydrogen-bond donors (Lipinski definition) is 11. The predicted octanol–water partition coefficient (Wildman–Crippen LogP) is -6.00. The van der Waals surface area contributed by atoms with Crippen LogP contribution in [-0.2, 0) is 27.5 Å². The van der Waals surface area contributed by atoms with E-state index in [9.17, 15) is 33.7 Å². The standard InChI is InChI=1S/C9H14N2O12P2.C6H12O6/c12-5-1-2-11(9(15)10-5)8-7(14)6(13)4(22-8)3-21-25(19,20)23-24(16,17)18;7-1-3(9)5(11)6(12)4(10)2-8/h1-2,4,6-8,13-14H,3H2,(H,19,20)(H,10,12,15)(H2,16,17,18);3,5-9,11-12H,1-2H2/t4-,6-,7-,8-;/m1./s1. The normalized spacial score (nSPS) is 25.9. The molecule has 0 saturated carbocycles. The van der Waals surface area contributed by atoms with Gasteiger partial charge >= 0.3 is 21.3 Å². The van der Waals surface area contributed by atoms with E-state index in [0.717, 1.165) is 16.8 Å². The van der Waals surface area contributed by atoms with Gasteiger partial charge in [0.1, 0.15) is 43.2 Å². The summed E-state index contributed by atoms with van der Waals surface area (Å²) in [5.41, 5.74) is -1.65. The Morgan fingerprint density at radius 2 is 1.70 bits per heavy atom. The number of Topliss-reactive ketones (excluding diaryl/α,β-unsaturated/α-hetero) is 1. The van der Waals surface area contributed by atoms with E-state index in [-0.39, 0.29) is 0 Å². The molecule has 20 nitrogen and oxygen atoms in total. The van der Waals surface area contributed by atoms with Crippen molar-refractivity contribution in [3.8, 4) is 0 Å². The number of nitrogens with one attached hydrogen (secondary N) is 1. The molecule has 0 bridgehead atoms. The number of ketones is 1. The smallest absolute Gasteiger partial charge is 0.394 e. The molecule has 1 fully saturated rings. The molecular weight excluding hydrogens is 558 g/mol. The van der Waals surface area contributed by atoms with Crippen molar-refractivity contribution in [1.82, 2.24) is 9.55 Å². The van der Waals surface area contributed by atoms with Crippen molar-refractivity contribution in [2.75, 3.05) is 19.8 Å². The average Bonchev–Trinajstić information content (AvgIpc) is 3.08. The van der Waals surface area contributed by atoms with E-state index in [1.807, 2.05) is 4.98 Å². The SMILES string of the molecule is O=C(CO)C(O)C(O)C(O)CO.O=c1ccn([C@@H]2O[C@H](COP(=O)(O)OP(=O)(O)O)[C@@H](O)[C@H]2O)c(=O)[nH]1. The second-order valence-corrected chi connectivity index (χ2v) is 10.0. The van der Waals surface area contributed by atoms with Gasteiger partial charge in [-0.3, -0.25) is 23.7 Å². The summed E-state index contributed by atoms with van der Waals surface area (Å²) in [5.74, 6) is -1.00. The molecule has 0 radical (unpaired) electrons. The lowest BCUT2D eigenvalue weighted by molar-refractivity contribution is -0.142. The first-order valence-corrected chi connectivity index (χ1v) is 12.8. The maximum atomic E-state index is 11.7. The molecule has 0 aliphatic carbocycles. The van der Waals surface area contributed by atoms with Crippen molar-refractivity contribution in [2.45, 2.75) is 42.9 Å². The third kappa shape index (κ3) is 10.2. The third-order valence-corrected chi connectivity index (χ3v) is 6.62. The van der Waals surface area contributed by atoms with Crippen molar-refractivity contribution in [3.05, 3.63) is 33.1 Å². The van der Waals surface area contributed by atoms with Crippen LogP contribution in [0.2, 0.25) is 0 Å². The molecule has 11 N–H and O–H groups in total. The molecule has 8 atom stereocenters. The fourth-order valence-corrected chi connectivity index (χ4v) is 4.25. The number of aromatic amines is 1. The van der Waals surface area contributed by atoms with Crippen LogP contribution in [0.15, 0.2) is 21.9 Å². The Hall–Kier alpha value is -1.71. The number of aliphatic hydroxyl groups excluding tert-OH is 7. The number of ether oxygens (including phenoxy) is 1. The van der Waals surface area contributed by atoms with Gasteiger partial charge in [0.05, 0.1) is 13.2 Å². The Balaban J connectivity index is 0.000000482. The minimum absolute atomic E-state index is 0.704. The van der Waals surface area contributed by atoms with Crippen LogP contribution >= 0.6 is 15.6 Å². The van der Waals surface area contributed by atoms with Crippen LogP contribution in [-0.4, -0.2) is 122 Å². The minimum Gasteiger partial charge on any atom is -0.394 e. The first-order valence-electron chi connectivity index (χ1n) is 9.80. The number of H-pyrrole nitrogens is 1. The van der Waals surface area contributed by atoms with Crippen LogP contribution in [0.1, 0.15) is 6.23 Å². The van der Waals surface area contributed by atoms with Gasteiger partial charge in [-0.05, 0) is 0 Å². The van der Waals surface area contributed by atoms with E-state index < -0.39 is 95.3 Å². The van der Waals surface area contributed by atoms with Crippen molar-refractivity contribution in [2.24, 2.45) is 0 Å². The summed E-state index contributed by atoms with van der Waals surface area (Å²) < 4.78 is 35.6. The Kier molecular flexibility index (Phi) is 12.5. The Labute approximate surface area is 205 Å². The summed E-state index contributed by atoms with van der Waals surface area (Å²) >= 11 is 0. The summed E-state index contributed by atoms with van der Waals surface area (Å²) in [7, 11) is -10.5. The Morgan fingerprint density at radius 1 is 1.11 bits per heavy atom. The summed E-state index contributed by atoms with van der Waals surface area (Å²) in [6.45, 7) is -2.59. The largest absolute Gasteiger partial charge is 0.481 e. The Bertz CT molecular complexity index is 1100. The van der Waals surface area contributed by atoms with Crippen LogP contribution in [0.5, 0.6) is 0 Å². The molecule has 1 aliphatic heterocycles. The van der Waals surface area contributed by atoms with Crippen molar-refractivity contribution < 1.29 is 77.9 Å². The highest BCUT2D eigenvalue weighted by Gasteiger charge is 2.45. The van der Waals surface area contributed by atoms with Gasteiger partial charge in [-0.15, -0.1) is 0 Å². The van der Waals surface area contributed by atoms with Crippen molar-refractivity contribution in [3.63, 3.8) is 0 Å². The van der Waals surface area contributed by atoms with Gasteiger partial charge < -0.3 is 55.2 Å². The lowest BCUT2D eigenvalue weighted by Crippen LogP contribution is -2.44. The summed E-state index contributed by atoms with van der Waals surface area (Å²) in [6.07, 6.45) is -10.5. The van der Waals surface area contributed by atoms with Gasteiger partial charge in [0.25, 0.3) is 5.56 Å². The molecule has 2 heterocycles. The lowest BCUT2D eigenvalue weighted by Gasteiger charge is -2.19. The number of nitrogens with zero attached hydrogens (tertiary/aromatic N) is 1. The maximum absolute atomic E-state index is 11.7. The monoisotopic (exact) mass is 584 g/mol. The summed E-state index contributed by atoms with van der Waals surface area (Å²) in [5, 5.41) is 62.8. The predicted molar refractivity (Wildman–Crippen MR) is 113 cm³/mol. The first kappa shape index (κ1) is 33.3. The zero-order chi connectivity index (χ0) is 28.7. The highest BCUT2D eigenvalue weighted by atomic mass is 31.3. The van der Waals surface area contributed by atoms with Crippen molar-refractivity contribution in [1.29, 1.82) is 0 Å². The summed E-state index contributed by atoms with van der Waals surface area (Å²) in [4.78, 5) is 61.2. The lowest BCUT2D eigenvalue weighted by atomic mass is 10.1. The summed E-state index contributed by atoms with van der Waals surface area (Å²) in [6, 6.07) is 0.962. The minimum atomic E-state index is -5.32. The molecule has 37 heavy (non-hydrogen) atoms. The highest BCUT2D eigenvalue weighted by molar-refractivity contribution is 7.60. The molecule has 1 aromatic rings. The van der Waals surface area contributed by atoms with E-state index in [0.29, 0.717) is 0 Å². The molecule has 0 aromatic carbocycles. The second-order valence-electron chi connectivity index (χ2n) is 7.21. The number of hydrogen-bond acceptors (Lipinski definition) is 15. The van der Waals surface area contributed by atoms with Gasteiger partial charge in [0, 0.05) is 12.3 Å². The number of rotatable bonds is 11. The van der Waals surface area contributed by atoms with Crippen molar-refractivity contribution >= 4 is 21.4 Å². The Morgan fingerprint density at radius 3 is 2.19 bits per heavy atom. The van der Waals surface area contributed by atoms with Gasteiger partial charge in [-0.25, -0.2) is 13.9 Å².